The molecular formula is C13H19F2NO2S. The quantitative estimate of drug-likeness (QED) is 0.876. The minimum atomic E-state index is -4.57. The maximum absolute atomic E-state index is 12.7. The van der Waals surface area contributed by atoms with Gasteiger partial charge in [-0.2, -0.15) is 8.78 Å². The summed E-state index contributed by atoms with van der Waals surface area (Å²) in [6.45, 7) is 3.81. The van der Waals surface area contributed by atoms with Crippen molar-refractivity contribution >= 4 is 9.84 Å². The molecule has 1 N–H and O–H groups in total. The second kappa shape index (κ2) is 6.43. The van der Waals surface area contributed by atoms with Crippen LogP contribution in [0.1, 0.15) is 31.7 Å². The summed E-state index contributed by atoms with van der Waals surface area (Å²) in [5.74, 6) is -3.52. The molecule has 0 amide bonds. The lowest BCUT2D eigenvalue weighted by atomic mass is 9.90. The van der Waals surface area contributed by atoms with Crippen LogP contribution in [-0.4, -0.2) is 27.3 Å². The Morgan fingerprint density at radius 2 is 1.84 bits per heavy atom. The third-order valence-corrected chi connectivity index (χ3v) is 4.81. The van der Waals surface area contributed by atoms with E-state index in [2.05, 4.69) is 5.32 Å². The SMILES string of the molecule is CCC(c1ccccc1S(=O)(=O)C(F)F)C(C)NC. The van der Waals surface area contributed by atoms with E-state index in [0.29, 0.717) is 12.0 Å². The lowest BCUT2D eigenvalue weighted by Gasteiger charge is -2.24. The van der Waals surface area contributed by atoms with Crippen molar-refractivity contribution in [2.24, 2.45) is 0 Å². The van der Waals surface area contributed by atoms with Gasteiger partial charge in [-0.15, -0.1) is 0 Å². The minimum absolute atomic E-state index is 0.000905. The van der Waals surface area contributed by atoms with E-state index >= 15 is 0 Å². The summed E-state index contributed by atoms with van der Waals surface area (Å²) in [6, 6.07) is 6.00. The Labute approximate surface area is 112 Å². The Morgan fingerprint density at radius 3 is 2.32 bits per heavy atom. The van der Waals surface area contributed by atoms with E-state index in [1.807, 2.05) is 13.8 Å². The van der Waals surface area contributed by atoms with Crippen LogP contribution in [-0.2, 0) is 9.84 Å². The molecule has 0 aliphatic rings. The summed E-state index contributed by atoms with van der Waals surface area (Å²) < 4.78 is 48.9. The van der Waals surface area contributed by atoms with Gasteiger partial charge in [0.05, 0.1) is 4.90 Å². The molecule has 6 heteroatoms. The van der Waals surface area contributed by atoms with Crippen LogP contribution in [0.25, 0.3) is 0 Å². The van der Waals surface area contributed by atoms with Crippen LogP contribution in [0.5, 0.6) is 0 Å². The van der Waals surface area contributed by atoms with E-state index in [9.17, 15) is 17.2 Å². The molecule has 0 heterocycles. The third kappa shape index (κ3) is 3.30. The number of halogens is 2. The van der Waals surface area contributed by atoms with Crippen LogP contribution in [0.3, 0.4) is 0 Å². The highest BCUT2D eigenvalue weighted by Crippen LogP contribution is 2.31. The Hall–Kier alpha value is -1.01. The molecule has 0 aliphatic carbocycles. The predicted octanol–water partition coefficient (Wildman–Crippen LogP) is 2.78. The number of benzene rings is 1. The Kier molecular flexibility index (Phi) is 5.43. The molecule has 108 valence electrons. The molecule has 1 aromatic carbocycles. The molecule has 0 saturated heterocycles. The van der Waals surface area contributed by atoms with Crippen molar-refractivity contribution in [3.63, 3.8) is 0 Å². The van der Waals surface area contributed by atoms with Gasteiger partial charge < -0.3 is 5.32 Å². The summed E-state index contributed by atoms with van der Waals surface area (Å²) in [4.78, 5) is -0.265. The van der Waals surface area contributed by atoms with Crippen LogP contribution in [0.2, 0.25) is 0 Å². The number of likely N-dealkylation sites (N-methyl/N-ethyl adjacent to an activating group) is 1. The van der Waals surface area contributed by atoms with Crippen LogP contribution in [0, 0.1) is 0 Å². The summed E-state index contributed by atoms with van der Waals surface area (Å²) in [5.41, 5.74) is 0.451. The van der Waals surface area contributed by atoms with E-state index in [1.54, 1.807) is 19.2 Å². The van der Waals surface area contributed by atoms with Crippen molar-refractivity contribution in [1.82, 2.24) is 5.32 Å². The summed E-state index contributed by atoms with van der Waals surface area (Å²) in [7, 11) is -2.80. The van der Waals surface area contributed by atoms with Crippen LogP contribution in [0.15, 0.2) is 29.2 Å². The molecule has 0 fully saturated rings. The van der Waals surface area contributed by atoms with Crippen LogP contribution < -0.4 is 5.32 Å². The maximum Gasteiger partial charge on any atom is 0.341 e. The molecule has 1 aromatic rings. The van der Waals surface area contributed by atoms with Crippen molar-refractivity contribution in [2.75, 3.05) is 7.05 Å². The fourth-order valence-corrected chi connectivity index (χ4v) is 3.19. The van der Waals surface area contributed by atoms with Gasteiger partial charge in [0.2, 0.25) is 9.84 Å². The minimum Gasteiger partial charge on any atom is -0.317 e. The van der Waals surface area contributed by atoms with Gasteiger partial charge in [-0.1, -0.05) is 25.1 Å². The monoisotopic (exact) mass is 291 g/mol. The fraction of sp³-hybridized carbons (Fsp3) is 0.538. The number of sulfone groups is 1. The first-order valence-electron chi connectivity index (χ1n) is 6.14. The standard InChI is InChI=1S/C13H19F2NO2S/c1-4-10(9(2)16-3)11-7-5-6-8-12(11)19(17,18)13(14)15/h5-10,13,16H,4H2,1-3H3. The molecule has 0 saturated carbocycles. The molecule has 0 aliphatic heterocycles. The molecule has 0 spiro atoms. The van der Waals surface area contributed by atoms with Gasteiger partial charge in [0.25, 0.3) is 0 Å². The van der Waals surface area contributed by atoms with E-state index < -0.39 is 15.6 Å². The van der Waals surface area contributed by atoms with Gasteiger partial charge in [-0.25, -0.2) is 8.42 Å². The molecule has 2 atom stereocenters. The summed E-state index contributed by atoms with van der Waals surface area (Å²) in [5, 5.41) is 3.04. The summed E-state index contributed by atoms with van der Waals surface area (Å²) in [6.07, 6.45) is 0.664. The van der Waals surface area contributed by atoms with Crippen molar-refractivity contribution < 1.29 is 17.2 Å². The highest BCUT2D eigenvalue weighted by Gasteiger charge is 2.31. The zero-order valence-electron chi connectivity index (χ0n) is 11.2. The first-order chi connectivity index (χ1) is 8.86. The second-order valence-electron chi connectivity index (χ2n) is 4.44. The van der Waals surface area contributed by atoms with Crippen molar-refractivity contribution in [3.8, 4) is 0 Å². The zero-order chi connectivity index (χ0) is 14.6. The van der Waals surface area contributed by atoms with Gasteiger partial charge in [0.15, 0.2) is 0 Å². The van der Waals surface area contributed by atoms with Gasteiger partial charge in [-0.05, 0) is 37.9 Å². The predicted molar refractivity (Wildman–Crippen MR) is 71.2 cm³/mol. The third-order valence-electron chi connectivity index (χ3n) is 3.36. The normalized spacial score (nSPS) is 15.5. The van der Waals surface area contributed by atoms with Gasteiger partial charge >= 0.3 is 5.76 Å². The Bertz CT molecular complexity index is 517. The molecule has 19 heavy (non-hydrogen) atoms. The van der Waals surface area contributed by atoms with E-state index in [-0.39, 0.29) is 16.9 Å². The highest BCUT2D eigenvalue weighted by atomic mass is 32.2. The highest BCUT2D eigenvalue weighted by molar-refractivity contribution is 7.91. The van der Waals surface area contributed by atoms with Crippen molar-refractivity contribution in [3.05, 3.63) is 29.8 Å². The summed E-state index contributed by atoms with van der Waals surface area (Å²) >= 11 is 0. The molecule has 1 rings (SSSR count). The van der Waals surface area contributed by atoms with E-state index in [1.165, 1.54) is 12.1 Å². The smallest absolute Gasteiger partial charge is 0.317 e. The number of alkyl halides is 2. The second-order valence-corrected chi connectivity index (χ2v) is 6.32. The Morgan fingerprint density at radius 1 is 1.26 bits per heavy atom. The molecule has 2 unspecified atom stereocenters. The van der Waals surface area contributed by atoms with Crippen molar-refractivity contribution in [2.45, 2.75) is 42.9 Å². The lowest BCUT2D eigenvalue weighted by molar-refractivity contribution is 0.234. The first kappa shape index (κ1) is 16.0. The molecule has 3 nitrogen and oxygen atoms in total. The number of hydrogen-bond donors (Lipinski definition) is 1. The van der Waals surface area contributed by atoms with E-state index in [4.69, 9.17) is 0 Å². The molecule has 0 bridgehead atoms. The molecule has 0 aromatic heterocycles. The number of hydrogen-bond acceptors (Lipinski definition) is 3. The topological polar surface area (TPSA) is 46.2 Å². The number of nitrogens with one attached hydrogen (secondary N) is 1. The fourth-order valence-electron chi connectivity index (χ4n) is 2.19. The average Bonchev–Trinajstić information content (AvgIpc) is 2.39. The first-order valence-corrected chi connectivity index (χ1v) is 7.69. The number of rotatable bonds is 6. The zero-order valence-corrected chi connectivity index (χ0v) is 12.0. The van der Waals surface area contributed by atoms with Crippen LogP contribution >= 0.6 is 0 Å². The molecule has 0 radical (unpaired) electrons. The van der Waals surface area contributed by atoms with Gasteiger partial charge in [-0.3, -0.25) is 0 Å². The Balaban J connectivity index is 3.38. The molecular weight excluding hydrogens is 272 g/mol. The lowest BCUT2D eigenvalue weighted by Crippen LogP contribution is -2.30. The van der Waals surface area contributed by atoms with Gasteiger partial charge in [0, 0.05) is 6.04 Å². The van der Waals surface area contributed by atoms with Crippen LogP contribution in [0.4, 0.5) is 8.78 Å². The average molecular weight is 291 g/mol. The van der Waals surface area contributed by atoms with E-state index in [0.717, 1.165) is 0 Å². The van der Waals surface area contributed by atoms with Gasteiger partial charge in [0.1, 0.15) is 0 Å². The van der Waals surface area contributed by atoms with Crippen molar-refractivity contribution in [1.29, 1.82) is 0 Å². The largest absolute Gasteiger partial charge is 0.341 e. The maximum atomic E-state index is 12.7.